The number of aromatic nitrogens is 1. The summed E-state index contributed by atoms with van der Waals surface area (Å²) < 4.78 is 0. The first kappa shape index (κ1) is 19.4. The van der Waals surface area contributed by atoms with Gasteiger partial charge in [0.2, 0.25) is 11.8 Å². The monoisotopic (exact) mass is 405 g/mol. The maximum Gasteiger partial charge on any atom is 0.232 e. The molecule has 3 aliphatic rings. The van der Waals surface area contributed by atoms with Crippen molar-refractivity contribution in [2.45, 2.75) is 70.3 Å². The highest BCUT2D eigenvalue weighted by atomic mass is 16.2. The maximum absolute atomic E-state index is 13.5. The Bertz CT molecular complexity index is 985. The normalized spacial score (nSPS) is 24.7. The Morgan fingerprint density at radius 2 is 2.00 bits per heavy atom. The number of hydrogen-bond donors (Lipinski definition) is 2. The molecule has 2 N–H and O–H groups in total. The molecule has 2 amide bonds. The predicted octanol–water partition coefficient (Wildman–Crippen LogP) is 4.45. The van der Waals surface area contributed by atoms with E-state index in [1.165, 1.54) is 23.8 Å². The average Bonchev–Trinajstić information content (AvgIpc) is 3.44. The van der Waals surface area contributed by atoms with Crippen LogP contribution in [-0.4, -0.2) is 34.3 Å². The third-order valence-corrected chi connectivity index (χ3v) is 7.41. The van der Waals surface area contributed by atoms with Gasteiger partial charge in [0.15, 0.2) is 0 Å². The van der Waals surface area contributed by atoms with Crippen molar-refractivity contribution in [3.05, 3.63) is 47.8 Å². The molecular weight excluding hydrogens is 374 g/mol. The quantitative estimate of drug-likeness (QED) is 0.772. The van der Waals surface area contributed by atoms with Gasteiger partial charge in [-0.1, -0.05) is 37.1 Å². The molecule has 2 aliphatic carbocycles. The summed E-state index contributed by atoms with van der Waals surface area (Å²) in [6.07, 6.45) is 13.5. The Balaban J connectivity index is 1.32. The zero-order chi connectivity index (χ0) is 20.6. The number of para-hydroxylation sites is 1. The molecule has 1 unspecified atom stereocenters. The molecule has 5 rings (SSSR count). The highest BCUT2D eigenvalue weighted by molar-refractivity contribution is 5.91. The van der Waals surface area contributed by atoms with Gasteiger partial charge in [0, 0.05) is 41.8 Å². The van der Waals surface area contributed by atoms with Gasteiger partial charge < -0.3 is 15.2 Å². The Labute approximate surface area is 177 Å². The van der Waals surface area contributed by atoms with E-state index in [0.717, 1.165) is 49.7 Å². The Hall–Kier alpha value is -2.56. The highest BCUT2D eigenvalue weighted by Gasteiger charge is 2.51. The fourth-order valence-corrected chi connectivity index (χ4v) is 5.85. The summed E-state index contributed by atoms with van der Waals surface area (Å²) >= 11 is 0. The molecule has 0 radical (unpaired) electrons. The maximum atomic E-state index is 13.5. The van der Waals surface area contributed by atoms with Crippen LogP contribution in [0.5, 0.6) is 0 Å². The average molecular weight is 406 g/mol. The smallest absolute Gasteiger partial charge is 0.232 e. The minimum Gasteiger partial charge on any atom is -0.361 e. The topological polar surface area (TPSA) is 65.2 Å². The molecule has 2 fully saturated rings. The number of benzene rings is 1. The number of fused-ring (bicyclic) bond motifs is 2. The van der Waals surface area contributed by atoms with Crippen LogP contribution in [-0.2, 0) is 16.0 Å². The summed E-state index contributed by atoms with van der Waals surface area (Å²) in [7, 11) is 0. The molecule has 5 nitrogen and oxygen atoms in total. The molecule has 1 aromatic carbocycles. The molecule has 2 heterocycles. The summed E-state index contributed by atoms with van der Waals surface area (Å²) in [6, 6.07) is 8.57. The number of piperidine rings is 1. The Morgan fingerprint density at radius 1 is 1.17 bits per heavy atom. The van der Waals surface area contributed by atoms with Crippen LogP contribution in [0, 0.1) is 5.41 Å². The lowest BCUT2D eigenvalue weighted by atomic mass is 9.68. The number of aromatic amines is 1. The molecule has 1 aromatic heterocycles. The van der Waals surface area contributed by atoms with Crippen LogP contribution < -0.4 is 5.32 Å². The number of rotatable bonds is 5. The van der Waals surface area contributed by atoms with Crippen molar-refractivity contribution in [2.75, 3.05) is 6.54 Å². The van der Waals surface area contributed by atoms with Crippen LogP contribution >= 0.6 is 0 Å². The minimum absolute atomic E-state index is 0.115. The molecule has 5 heteroatoms. The molecule has 1 atom stereocenters. The van der Waals surface area contributed by atoms with Crippen molar-refractivity contribution in [2.24, 2.45) is 5.41 Å². The third kappa shape index (κ3) is 3.24. The van der Waals surface area contributed by atoms with Crippen molar-refractivity contribution >= 4 is 22.7 Å². The van der Waals surface area contributed by atoms with E-state index in [-0.39, 0.29) is 11.8 Å². The van der Waals surface area contributed by atoms with Gasteiger partial charge in [-0.2, -0.15) is 0 Å². The second-order valence-corrected chi connectivity index (χ2v) is 9.13. The van der Waals surface area contributed by atoms with Gasteiger partial charge in [-0.15, -0.1) is 0 Å². The first-order valence-electron chi connectivity index (χ1n) is 11.5. The van der Waals surface area contributed by atoms with E-state index in [4.69, 9.17) is 0 Å². The van der Waals surface area contributed by atoms with Crippen LogP contribution in [0.15, 0.2) is 42.2 Å². The van der Waals surface area contributed by atoms with Crippen LogP contribution in [0.1, 0.15) is 63.4 Å². The number of nitrogens with zero attached hydrogens (tertiary/aromatic N) is 1. The fraction of sp³-hybridized carbons (Fsp3) is 0.520. The third-order valence-electron chi connectivity index (χ3n) is 7.41. The van der Waals surface area contributed by atoms with Gasteiger partial charge in [0.1, 0.15) is 0 Å². The van der Waals surface area contributed by atoms with Gasteiger partial charge >= 0.3 is 0 Å². The molecule has 158 valence electrons. The van der Waals surface area contributed by atoms with Crippen molar-refractivity contribution in [3.8, 4) is 0 Å². The number of nitrogens with one attached hydrogen (secondary N) is 2. The second-order valence-electron chi connectivity index (χ2n) is 9.13. The lowest BCUT2D eigenvalue weighted by Crippen LogP contribution is -2.55. The van der Waals surface area contributed by atoms with E-state index in [0.29, 0.717) is 25.4 Å². The summed E-state index contributed by atoms with van der Waals surface area (Å²) in [4.78, 5) is 31.7. The van der Waals surface area contributed by atoms with Crippen LogP contribution in [0.3, 0.4) is 0 Å². The number of hydrogen-bond acceptors (Lipinski definition) is 2. The lowest BCUT2D eigenvalue weighted by Gasteiger charge is -2.48. The van der Waals surface area contributed by atoms with Gasteiger partial charge in [-0.3, -0.25) is 9.59 Å². The van der Waals surface area contributed by atoms with Crippen LogP contribution in [0.25, 0.3) is 10.9 Å². The van der Waals surface area contributed by atoms with E-state index in [1.54, 1.807) is 0 Å². The number of allylic oxidation sites excluding steroid dienone is 1. The van der Waals surface area contributed by atoms with Crippen molar-refractivity contribution in [1.82, 2.24) is 15.2 Å². The second kappa shape index (κ2) is 7.93. The van der Waals surface area contributed by atoms with E-state index in [1.807, 2.05) is 23.2 Å². The van der Waals surface area contributed by atoms with E-state index < -0.39 is 5.41 Å². The van der Waals surface area contributed by atoms with Crippen molar-refractivity contribution in [1.29, 1.82) is 0 Å². The van der Waals surface area contributed by atoms with Gasteiger partial charge in [0.25, 0.3) is 0 Å². The Kier molecular flexibility index (Phi) is 5.13. The lowest BCUT2D eigenvalue weighted by molar-refractivity contribution is -0.142. The van der Waals surface area contributed by atoms with Crippen LogP contribution in [0.4, 0.5) is 0 Å². The molecule has 0 bridgehead atoms. The largest absolute Gasteiger partial charge is 0.361 e. The van der Waals surface area contributed by atoms with Gasteiger partial charge in [0.05, 0.1) is 5.41 Å². The molecule has 30 heavy (non-hydrogen) atoms. The highest BCUT2D eigenvalue weighted by Crippen LogP contribution is 2.48. The summed E-state index contributed by atoms with van der Waals surface area (Å²) in [6.45, 7) is 0.618. The number of amides is 2. The predicted molar refractivity (Wildman–Crippen MR) is 118 cm³/mol. The summed E-state index contributed by atoms with van der Waals surface area (Å²) in [5.74, 6) is 0.334. The van der Waals surface area contributed by atoms with E-state index >= 15 is 0 Å². The SMILES string of the molecule is O=C1CCC2(C(=O)NCCc3c[nH]c4ccccc34)CCCC=C2N1C1CCCC1. The Morgan fingerprint density at radius 3 is 2.87 bits per heavy atom. The first-order chi connectivity index (χ1) is 14.7. The molecule has 1 aliphatic heterocycles. The molecule has 0 spiro atoms. The van der Waals surface area contributed by atoms with E-state index in [9.17, 15) is 9.59 Å². The molecule has 1 saturated heterocycles. The van der Waals surface area contributed by atoms with Crippen LogP contribution in [0.2, 0.25) is 0 Å². The summed E-state index contributed by atoms with van der Waals surface area (Å²) in [5.41, 5.74) is 2.86. The number of likely N-dealkylation sites (tertiary alicyclic amines) is 1. The molecule has 2 aromatic rings. The minimum atomic E-state index is -0.519. The number of H-pyrrole nitrogens is 1. The van der Waals surface area contributed by atoms with E-state index in [2.05, 4.69) is 28.5 Å². The number of carbonyl (C=O) groups is 2. The standard InChI is InChI=1S/C25H31N3O2/c29-23-12-15-25(14-6-5-11-22(25)28(23)19-7-1-2-8-19)24(30)26-16-13-18-17-27-21-10-4-3-9-20(18)21/h3-4,9-11,17,19,27H,1-2,5-8,12-16H2,(H,26,30). The first-order valence-corrected chi connectivity index (χ1v) is 11.5. The van der Waals surface area contributed by atoms with Crippen molar-refractivity contribution < 1.29 is 9.59 Å². The summed E-state index contributed by atoms with van der Waals surface area (Å²) in [5, 5.41) is 4.46. The molecular formula is C25H31N3O2. The van der Waals surface area contributed by atoms with Crippen molar-refractivity contribution in [3.63, 3.8) is 0 Å². The van der Waals surface area contributed by atoms with Gasteiger partial charge in [-0.25, -0.2) is 0 Å². The van der Waals surface area contributed by atoms with Gasteiger partial charge in [-0.05, 0) is 56.6 Å². The zero-order valence-corrected chi connectivity index (χ0v) is 17.6. The number of carbonyl (C=O) groups excluding carboxylic acids is 2. The molecule has 1 saturated carbocycles. The zero-order valence-electron chi connectivity index (χ0n) is 17.6. The fourth-order valence-electron chi connectivity index (χ4n) is 5.85.